The van der Waals surface area contributed by atoms with Crippen LogP contribution in [0.15, 0.2) is 48.8 Å². The molecule has 1 atom stereocenters. The van der Waals surface area contributed by atoms with E-state index in [1.807, 2.05) is 24.3 Å². The van der Waals surface area contributed by atoms with Crippen LogP contribution in [0.1, 0.15) is 18.9 Å². The highest BCUT2D eigenvalue weighted by molar-refractivity contribution is 5.85. The summed E-state index contributed by atoms with van der Waals surface area (Å²) < 4.78 is 5.98. The van der Waals surface area contributed by atoms with E-state index in [4.69, 9.17) is 10.5 Å². The molecule has 0 saturated carbocycles. The van der Waals surface area contributed by atoms with E-state index in [9.17, 15) is 0 Å². The lowest BCUT2D eigenvalue weighted by molar-refractivity contribution is 0.272. The predicted octanol–water partition coefficient (Wildman–Crippen LogP) is 3.89. The lowest BCUT2D eigenvalue weighted by atomic mass is 9.90. The Morgan fingerprint density at radius 3 is 2.67 bits per heavy atom. The lowest BCUT2D eigenvalue weighted by Gasteiger charge is -2.23. The van der Waals surface area contributed by atoms with Crippen LogP contribution in [0.2, 0.25) is 0 Å². The number of hydrogen-bond acceptors (Lipinski definition) is 4. The summed E-state index contributed by atoms with van der Waals surface area (Å²) in [5.41, 5.74) is 7.35. The lowest BCUT2D eigenvalue weighted by Crippen LogP contribution is -2.31. The maximum atomic E-state index is 5.98. The topological polar surface area (TPSA) is 51.4 Å². The maximum Gasteiger partial charge on any atom is 0.145 e. The van der Waals surface area contributed by atoms with Gasteiger partial charge in [0.15, 0.2) is 0 Å². The van der Waals surface area contributed by atoms with Gasteiger partial charge in [0.25, 0.3) is 0 Å². The number of hydrogen-bond donors (Lipinski definition) is 1. The standard InChI is InChI=1S/C18H23N3O.2ClH/c1-18(13-19)8-10-21(14-18)12-15-5-2-3-7-17(15)22-16-6-4-9-20-11-16;;/h2-7,9,11H,8,10,12-14,19H2,1H3;2*1H. The highest BCUT2D eigenvalue weighted by Crippen LogP contribution is 2.32. The molecular weight excluding hydrogens is 345 g/mol. The first-order chi connectivity index (χ1) is 10.7. The number of benzene rings is 1. The van der Waals surface area contributed by atoms with Gasteiger partial charge in [-0.1, -0.05) is 25.1 Å². The van der Waals surface area contributed by atoms with Crippen molar-refractivity contribution in [3.05, 3.63) is 54.4 Å². The number of pyridine rings is 1. The summed E-state index contributed by atoms with van der Waals surface area (Å²) in [5, 5.41) is 0. The van der Waals surface area contributed by atoms with Crippen LogP contribution in [-0.4, -0.2) is 29.5 Å². The molecule has 0 radical (unpaired) electrons. The van der Waals surface area contributed by atoms with Gasteiger partial charge in [0, 0.05) is 24.8 Å². The highest BCUT2D eigenvalue weighted by Gasteiger charge is 2.32. The third-order valence-corrected chi connectivity index (χ3v) is 4.36. The molecule has 1 saturated heterocycles. The SMILES string of the molecule is CC1(CN)CCN(Cc2ccccc2Oc2cccnc2)C1.Cl.Cl. The van der Waals surface area contributed by atoms with E-state index < -0.39 is 0 Å². The van der Waals surface area contributed by atoms with Crippen LogP contribution >= 0.6 is 24.8 Å². The number of para-hydroxylation sites is 1. The predicted molar refractivity (Wildman–Crippen MR) is 102 cm³/mol. The quantitative estimate of drug-likeness (QED) is 0.868. The van der Waals surface area contributed by atoms with E-state index in [0.29, 0.717) is 0 Å². The van der Waals surface area contributed by atoms with Crippen LogP contribution in [0.25, 0.3) is 0 Å². The molecule has 132 valence electrons. The molecule has 0 bridgehead atoms. The molecule has 6 heteroatoms. The van der Waals surface area contributed by atoms with Gasteiger partial charge < -0.3 is 10.5 Å². The summed E-state index contributed by atoms with van der Waals surface area (Å²) in [6.45, 7) is 6.05. The van der Waals surface area contributed by atoms with E-state index >= 15 is 0 Å². The summed E-state index contributed by atoms with van der Waals surface area (Å²) in [4.78, 5) is 6.55. The van der Waals surface area contributed by atoms with Crippen LogP contribution < -0.4 is 10.5 Å². The Morgan fingerprint density at radius 1 is 1.21 bits per heavy atom. The van der Waals surface area contributed by atoms with Gasteiger partial charge in [0.2, 0.25) is 0 Å². The summed E-state index contributed by atoms with van der Waals surface area (Å²) in [7, 11) is 0. The van der Waals surface area contributed by atoms with Crippen molar-refractivity contribution in [1.82, 2.24) is 9.88 Å². The molecule has 2 heterocycles. The Bertz CT molecular complexity index is 627. The minimum absolute atomic E-state index is 0. The molecule has 1 aromatic carbocycles. The van der Waals surface area contributed by atoms with Gasteiger partial charge in [-0.25, -0.2) is 0 Å². The van der Waals surface area contributed by atoms with Gasteiger partial charge in [-0.3, -0.25) is 9.88 Å². The maximum absolute atomic E-state index is 5.98. The number of halogens is 2. The first-order valence-electron chi connectivity index (χ1n) is 7.77. The Hall–Kier alpha value is -1.33. The average molecular weight is 370 g/mol. The first-order valence-corrected chi connectivity index (χ1v) is 7.77. The largest absolute Gasteiger partial charge is 0.455 e. The molecule has 1 fully saturated rings. The second kappa shape index (κ2) is 9.23. The molecule has 1 aliphatic heterocycles. The van der Waals surface area contributed by atoms with Gasteiger partial charge in [0.05, 0.1) is 6.20 Å². The number of nitrogens with zero attached hydrogens (tertiary/aromatic N) is 2. The van der Waals surface area contributed by atoms with Crippen molar-refractivity contribution in [1.29, 1.82) is 0 Å². The van der Waals surface area contributed by atoms with E-state index in [1.165, 1.54) is 5.56 Å². The zero-order valence-corrected chi connectivity index (χ0v) is 15.5. The fourth-order valence-corrected chi connectivity index (χ4v) is 2.94. The van der Waals surface area contributed by atoms with E-state index in [-0.39, 0.29) is 30.2 Å². The number of nitrogens with two attached hydrogens (primary N) is 1. The number of likely N-dealkylation sites (tertiary alicyclic amines) is 1. The van der Waals surface area contributed by atoms with Gasteiger partial charge in [-0.15, -0.1) is 24.8 Å². The molecule has 4 nitrogen and oxygen atoms in total. The molecule has 24 heavy (non-hydrogen) atoms. The van der Waals surface area contributed by atoms with Crippen molar-refractivity contribution >= 4 is 24.8 Å². The molecule has 0 spiro atoms. The molecule has 2 aromatic rings. The van der Waals surface area contributed by atoms with Crippen molar-refractivity contribution in [3.8, 4) is 11.5 Å². The van der Waals surface area contributed by atoms with Gasteiger partial charge in [-0.05, 0) is 43.1 Å². The summed E-state index contributed by atoms with van der Waals surface area (Å²) >= 11 is 0. The fourth-order valence-electron chi connectivity index (χ4n) is 2.94. The normalized spacial score (nSPS) is 20.1. The Kier molecular flexibility index (Phi) is 7.97. The zero-order chi connectivity index (χ0) is 15.4. The van der Waals surface area contributed by atoms with Gasteiger partial charge in [-0.2, -0.15) is 0 Å². The molecule has 1 aromatic heterocycles. The highest BCUT2D eigenvalue weighted by atomic mass is 35.5. The number of rotatable bonds is 5. The third kappa shape index (κ3) is 5.08. The second-order valence-electron chi connectivity index (χ2n) is 6.37. The van der Waals surface area contributed by atoms with Crippen LogP contribution in [-0.2, 0) is 6.54 Å². The third-order valence-electron chi connectivity index (χ3n) is 4.36. The van der Waals surface area contributed by atoms with E-state index in [0.717, 1.165) is 44.1 Å². The Balaban J connectivity index is 0.00000144. The van der Waals surface area contributed by atoms with Gasteiger partial charge >= 0.3 is 0 Å². The molecular formula is C18H25Cl2N3O. The molecule has 1 unspecified atom stereocenters. The second-order valence-corrected chi connectivity index (χ2v) is 6.37. The van der Waals surface area contributed by atoms with Crippen LogP contribution in [0.3, 0.4) is 0 Å². The minimum atomic E-state index is 0. The van der Waals surface area contributed by atoms with Crippen molar-refractivity contribution in [2.75, 3.05) is 19.6 Å². The molecule has 0 amide bonds. The minimum Gasteiger partial charge on any atom is -0.455 e. The Morgan fingerprint density at radius 2 is 2.00 bits per heavy atom. The summed E-state index contributed by atoms with van der Waals surface area (Å²) in [6, 6.07) is 12.0. The monoisotopic (exact) mass is 369 g/mol. The zero-order valence-electron chi connectivity index (χ0n) is 13.9. The molecule has 3 rings (SSSR count). The van der Waals surface area contributed by atoms with E-state index in [1.54, 1.807) is 12.4 Å². The molecule has 0 aliphatic carbocycles. The molecule has 2 N–H and O–H groups in total. The summed E-state index contributed by atoms with van der Waals surface area (Å²) in [5.74, 6) is 1.67. The van der Waals surface area contributed by atoms with Gasteiger partial charge in [0.1, 0.15) is 11.5 Å². The first kappa shape index (κ1) is 20.7. The Labute approximate surface area is 156 Å². The summed E-state index contributed by atoms with van der Waals surface area (Å²) in [6.07, 6.45) is 4.64. The number of ether oxygens (including phenoxy) is 1. The average Bonchev–Trinajstić information content (AvgIpc) is 2.92. The van der Waals surface area contributed by atoms with Crippen molar-refractivity contribution in [3.63, 3.8) is 0 Å². The van der Waals surface area contributed by atoms with Crippen LogP contribution in [0.5, 0.6) is 11.5 Å². The van der Waals surface area contributed by atoms with Crippen molar-refractivity contribution < 1.29 is 4.74 Å². The van der Waals surface area contributed by atoms with Crippen LogP contribution in [0, 0.1) is 5.41 Å². The fraction of sp³-hybridized carbons (Fsp3) is 0.389. The molecule has 1 aliphatic rings. The number of aromatic nitrogens is 1. The van der Waals surface area contributed by atoms with Crippen molar-refractivity contribution in [2.45, 2.75) is 19.9 Å². The van der Waals surface area contributed by atoms with Crippen LogP contribution in [0.4, 0.5) is 0 Å². The van der Waals surface area contributed by atoms with Crippen molar-refractivity contribution in [2.24, 2.45) is 11.1 Å². The van der Waals surface area contributed by atoms with E-state index in [2.05, 4.69) is 28.9 Å². The smallest absolute Gasteiger partial charge is 0.145 e.